The van der Waals surface area contributed by atoms with Crippen molar-refractivity contribution in [3.63, 3.8) is 0 Å². The highest BCUT2D eigenvalue weighted by molar-refractivity contribution is 7.99. The Hall–Kier alpha value is -6.61. The molecule has 4 nitrogen and oxygen atoms in total. The van der Waals surface area contributed by atoms with Gasteiger partial charge in [0, 0.05) is 26.5 Å². The smallest absolute Gasteiger partial charge is 0.164 e. The summed E-state index contributed by atoms with van der Waals surface area (Å²) in [5, 5.41) is 9.64. The Bertz CT molecular complexity index is 2610. The first-order valence-corrected chi connectivity index (χ1v) is 18.1. The molecule has 2 heterocycles. The fraction of sp³-hybridized carbons (Fsp3) is 0.0213. The zero-order valence-corrected chi connectivity index (χ0v) is 28.7. The molecule has 1 aliphatic heterocycles. The lowest BCUT2D eigenvalue weighted by atomic mass is 9.67. The second-order valence-corrected chi connectivity index (χ2v) is 14.1. The summed E-state index contributed by atoms with van der Waals surface area (Å²) < 4.78 is 0. The second-order valence-electron chi connectivity index (χ2n) is 13.0. The molecule has 52 heavy (non-hydrogen) atoms. The molecule has 1 aromatic heterocycles. The number of nitriles is 1. The van der Waals surface area contributed by atoms with E-state index in [4.69, 9.17) is 15.0 Å². The van der Waals surface area contributed by atoms with Crippen molar-refractivity contribution in [3.05, 3.63) is 198 Å². The third-order valence-electron chi connectivity index (χ3n) is 10.3. The van der Waals surface area contributed by atoms with Gasteiger partial charge in [0.15, 0.2) is 17.5 Å². The molecule has 8 aromatic rings. The minimum Gasteiger partial charge on any atom is -0.208 e. The minimum atomic E-state index is -0.584. The average molecular weight is 681 g/mol. The van der Waals surface area contributed by atoms with Crippen molar-refractivity contribution < 1.29 is 0 Å². The summed E-state index contributed by atoms with van der Waals surface area (Å²) in [6.45, 7) is 0. The molecule has 0 N–H and O–H groups in total. The number of benzene rings is 7. The van der Waals surface area contributed by atoms with Gasteiger partial charge in [-0.2, -0.15) is 5.26 Å². The van der Waals surface area contributed by atoms with Crippen LogP contribution in [0.15, 0.2) is 180 Å². The van der Waals surface area contributed by atoms with Gasteiger partial charge in [0.1, 0.15) is 0 Å². The van der Waals surface area contributed by atoms with Crippen LogP contribution in [0.1, 0.15) is 27.8 Å². The minimum absolute atomic E-state index is 0.584. The molecule has 2 aliphatic rings. The summed E-state index contributed by atoms with van der Waals surface area (Å²) >= 11 is 1.83. The highest BCUT2D eigenvalue weighted by Crippen LogP contribution is 2.64. The van der Waals surface area contributed by atoms with Gasteiger partial charge in [0.25, 0.3) is 0 Å². The van der Waals surface area contributed by atoms with E-state index in [1.807, 2.05) is 84.6 Å². The standard InChI is InChI=1S/C47H28N4S/c48-29-30-25-27-31(28-26-30)34-17-11-21-38-42(34)43-35(46-50-44(32-13-3-1-4-14-32)49-45(51-46)33-15-5-2-6-16-33)18-12-22-39(43)47(38)36-19-7-9-23-40(36)52-41-24-10-8-20-37(41)47/h1-28H. The normalized spacial score (nSPS) is 13.1. The van der Waals surface area contributed by atoms with Crippen molar-refractivity contribution in [3.8, 4) is 62.5 Å². The molecule has 1 aliphatic carbocycles. The summed E-state index contributed by atoms with van der Waals surface area (Å²) in [7, 11) is 0. The predicted molar refractivity (Wildman–Crippen MR) is 208 cm³/mol. The van der Waals surface area contributed by atoms with Gasteiger partial charge in [0.2, 0.25) is 0 Å². The van der Waals surface area contributed by atoms with E-state index in [1.54, 1.807) is 0 Å². The van der Waals surface area contributed by atoms with Crippen LogP contribution < -0.4 is 0 Å². The molecular formula is C47H28N4S. The van der Waals surface area contributed by atoms with Gasteiger partial charge < -0.3 is 0 Å². The molecular weight excluding hydrogens is 653 g/mol. The fourth-order valence-corrected chi connectivity index (χ4v) is 9.26. The molecule has 0 saturated carbocycles. The van der Waals surface area contributed by atoms with E-state index in [-0.39, 0.29) is 0 Å². The molecule has 0 bridgehead atoms. The SMILES string of the molecule is N#Cc1ccc(-c2cccc3c2-c2c(-c4nc(-c5ccccc5)nc(-c5ccccc5)n4)cccc2C32c3ccccc3Sc3ccccc32)cc1. The number of aromatic nitrogens is 3. The van der Waals surface area contributed by atoms with E-state index in [0.717, 1.165) is 38.9 Å². The highest BCUT2D eigenvalue weighted by Gasteiger charge is 2.51. The molecule has 0 saturated heterocycles. The van der Waals surface area contributed by atoms with Crippen LogP contribution in [-0.4, -0.2) is 15.0 Å². The Balaban J connectivity index is 1.34. The van der Waals surface area contributed by atoms with Gasteiger partial charge in [-0.05, 0) is 68.8 Å². The molecule has 10 rings (SSSR count). The number of nitrogens with zero attached hydrogens (tertiary/aromatic N) is 4. The van der Waals surface area contributed by atoms with Crippen molar-refractivity contribution in [2.24, 2.45) is 0 Å². The van der Waals surface area contributed by atoms with E-state index >= 15 is 0 Å². The molecule has 7 aromatic carbocycles. The van der Waals surface area contributed by atoms with E-state index in [0.29, 0.717) is 23.0 Å². The van der Waals surface area contributed by atoms with Crippen LogP contribution in [0.3, 0.4) is 0 Å². The summed E-state index contributed by atoms with van der Waals surface area (Å²) in [6.07, 6.45) is 0. The molecule has 0 unspecified atom stereocenters. The maximum Gasteiger partial charge on any atom is 0.164 e. The maximum atomic E-state index is 9.64. The summed E-state index contributed by atoms with van der Waals surface area (Å²) in [5.74, 6) is 1.87. The molecule has 5 heteroatoms. The van der Waals surface area contributed by atoms with Crippen LogP contribution in [0.5, 0.6) is 0 Å². The first-order valence-electron chi connectivity index (χ1n) is 17.3. The third kappa shape index (κ3) is 4.52. The van der Waals surface area contributed by atoms with Crippen LogP contribution in [0.4, 0.5) is 0 Å². The zero-order chi connectivity index (χ0) is 34.6. The van der Waals surface area contributed by atoms with Gasteiger partial charge in [-0.1, -0.05) is 157 Å². The lowest BCUT2D eigenvalue weighted by molar-refractivity contribution is 0.722. The van der Waals surface area contributed by atoms with E-state index < -0.39 is 5.41 Å². The first-order chi connectivity index (χ1) is 25.7. The van der Waals surface area contributed by atoms with Crippen LogP contribution in [-0.2, 0) is 5.41 Å². The molecule has 0 radical (unpaired) electrons. The molecule has 0 amide bonds. The van der Waals surface area contributed by atoms with Gasteiger partial charge in [-0.25, -0.2) is 15.0 Å². The Morgan fingerprint density at radius 1 is 0.404 bits per heavy atom. The van der Waals surface area contributed by atoms with Crippen LogP contribution in [0.25, 0.3) is 56.4 Å². The van der Waals surface area contributed by atoms with Crippen molar-refractivity contribution >= 4 is 11.8 Å². The van der Waals surface area contributed by atoms with Crippen molar-refractivity contribution in [1.29, 1.82) is 5.26 Å². The Morgan fingerprint density at radius 2 is 0.865 bits per heavy atom. The van der Waals surface area contributed by atoms with Crippen LogP contribution in [0.2, 0.25) is 0 Å². The van der Waals surface area contributed by atoms with Gasteiger partial charge in [-0.3, -0.25) is 0 Å². The number of hydrogen-bond acceptors (Lipinski definition) is 5. The Kier molecular flexibility index (Phi) is 6.99. The lowest BCUT2D eigenvalue weighted by Gasteiger charge is -2.39. The van der Waals surface area contributed by atoms with Crippen LogP contribution in [0, 0.1) is 11.3 Å². The summed E-state index contributed by atoms with van der Waals surface area (Å²) in [4.78, 5) is 18.0. The highest BCUT2D eigenvalue weighted by atomic mass is 32.2. The maximum absolute atomic E-state index is 9.64. The summed E-state index contributed by atoms with van der Waals surface area (Å²) in [5.41, 5.74) is 12.2. The average Bonchev–Trinajstić information content (AvgIpc) is 3.52. The first kappa shape index (κ1) is 30.2. The quantitative estimate of drug-likeness (QED) is 0.185. The number of hydrogen-bond donors (Lipinski definition) is 0. The number of fused-ring (bicyclic) bond motifs is 9. The molecule has 0 atom stereocenters. The third-order valence-corrected chi connectivity index (χ3v) is 11.4. The van der Waals surface area contributed by atoms with Crippen molar-refractivity contribution in [2.75, 3.05) is 0 Å². The zero-order valence-electron chi connectivity index (χ0n) is 27.9. The van der Waals surface area contributed by atoms with E-state index in [1.165, 1.54) is 32.0 Å². The molecule has 242 valence electrons. The van der Waals surface area contributed by atoms with E-state index in [2.05, 4.69) is 103 Å². The van der Waals surface area contributed by atoms with Gasteiger partial charge in [-0.15, -0.1) is 0 Å². The lowest BCUT2D eigenvalue weighted by Crippen LogP contribution is -2.31. The van der Waals surface area contributed by atoms with E-state index in [9.17, 15) is 5.26 Å². The van der Waals surface area contributed by atoms with Crippen LogP contribution >= 0.6 is 11.8 Å². The Labute approximate surface area is 306 Å². The molecule has 1 spiro atoms. The number of rotatable bonds is 4. The largest absolute Gasteiger partial charge is 0.208 e. The van der Waals surface area contributed by atoms with Gasteiger partial charge >= 0.3 is 0 Å². The van der Waals surface area contributed by atoms with Gasteiger partial charge in [0.05, 0.1) is 17.0 Å². The second kappa shape index (κ2) is 12.0. The fourth-order valence-electron chi connectivity index (χ4n) is 8.07. The van der Waals surface area contributed by atoms with Crippen molar-refractivity contribution in [2.45, 2.75) is 15.2 Å². The van der Waals surface area contributed by atoms with Crippen molar-refractivity contribution in [1.82, 2.24) is 15.0 Å². The summed E-state index contributed by atoms with van der Waals surface area (Å²) in [6, 6.07) is 61.4. The monoisotopic (exact) mass is 680 g/mol. The molecule has 0 fully saturated rings. The predicted octanol–water partition coefficient (Wildman–Crippen LogP) is 11.2. The Morgan fingerprint density at radius 3 is 1.42 bits per heavy atom. The topological polar surface area (TPSA) is 62.5 Å².